The van der Waals surface area contributed by atoms with Gasteiger partial charge in [0, 0.05) is 62.3 Å². The van der Waals surface area contributed by atoms with Crippen molar-refractivity contribution in [3.63, 3.8) is 0 Å². The van der Waals surface area contributed by atoms with Crippen LogP contribution in [0.4, 0.5) is 0 Å². The van der Waals surface area contributed by atoms with Crippen LogP contribution in [-0.2, 0) is 27.4 Å². The largest absolute Gasteiger partial charge is 0.489 e. The van der Waals surface area contributed by atoms with Gasteiger partial charge in [0.25, 0.3) is 5.91 Å². The maximum absolute atomic E-state index is 13.0. The van der Waals surface area contributed by atoms with Crippen molar-refractivity contribution in [1.29, 1.82) is 0 Å². The zero-order chi connectivity index (χ0) is 28.1. The first-order valence-electron chi connectivity index (χ1n) is 14.5. The molecule has 1 N–H and O–H groups in total. The van der Waals surface area contributed by atoms with Crippen LogP contribution in [0.5, 0.6) is 5.75 Å². The summed E-state index contributed by atoms with van der Waals surface area (Å²) in [7, 11) is 1.78. The first-order chi connectivity index (χ1) is 19.9. The molecule has 7 rings (SSSR count). The van der Waals surface area contributed by atoms with Gasteiger partial charge in [-0.2, -0.15) is 0 Å². The van der Waals surface area contributed by atoms with Gasteiger partial charge in [0.15, 0.2) is 0 Å². The van der Waals surface area contributed by atoms with E-state index >= 15 is 0 Å². The van der Waals surface area contributed by atoms with Crippen LogP contribution in [-0.4, -0.2) is 71.0 Å². The molecule has 3 fully saturated rings. The second-order valence-corrected chi connectivity index (χ2v) is 11.8. The Morgan fingerprint density at radius 3 is 2.71 bits per heavy atom. The highest BCUT2D eigenvalue weighted by Gasteiger charge is 2.39. The molecule has 0 bridgehead atoms. The number of nitrogens with one attached hydrogen (secondary N) is 1. The van der Waals surface area contributed by atoms with Crippen LogP contribution in [0.3, 0.4) is 0 Å². The van der Waals surface area contributed by atoms with Crippen molar-refractivity contribution in [3.8, 4) is 5.75 Å². The Bertz CT molecular complexity index is 1530. The predicted octanol–water partition coefficient (Wildman–Crippen LogP) is 3.54. The molecule has 3 amide bonds. The smallest absolute Gasteiger partial charge is 0.255 e. The molecule has 41 heavy (non-hydrogen) atoms. The van der Waals surface area contributed by atoms with Gasteiger partial charge in [0.2, 0.25) is 11.8 Å². The monoisotopic (exact) mass is 554 g/mol. The molecule has 1 aromatic heterocycles. The van der Waals surface area contributed by atoms with E-state index in [1.54, 1.807) is 18.1 Å². The lowest BCUT2D eigenvalue weighted by atomic mass is 9.79. The number of carbonyl (C=O) groups excluding carboxylic acids is 3. The summed E-state index contributed by atoms with van der Waals surface area (Å²) in [4.78, 5) is 45.7. The number of hydrogen-bond donors (Lipinski definition) is 1. The number of carbonyl (C=O) groups is 3. The maximum Gasteiger partial charge on any atom is 0.255 e. The lowest BCUT2D eigenvalue weighted by molar-refractivity contribution is -0.136. The Kier molecular flexibility index (Phi) is 6.71. The summed E-state index contributed by atoms with van der Waals surface area (Å²) in [6.45, 7) is 2.99. The first-order valence-corrected chi connectivity index (χ1v) is 14.5. The number of aromatic nitrogens is 1. The molecule has 212 valence electrons. The molecule has 9 heteroatoms. The fourth-order valence-corrected chi connectivity index (χ4v) is 6.63. The number of imide groups is 1. The predicted molar refractivity (Wildman–Crippen MR) is 151 cm³/mol. The normalized spacial score (nSPS) is 26.3. The minimum absolute atomic E-state index is 0.0690. The minimum Gasteiger partial charge on any atom is -0.489 e. The van der Waals surface area contributed by atoms with E-state index in [9.17, 15) is 14.4 Å². The van der Waals surface area contributed by atoms with Crippen molar-refractivity contribution in [2.75, 3.05) is 20.2 Å². The number of piperidine rings is 1. The molecular weight excluding hydrogens is 520 g/mol. The quantitative estimate of drug-likeness (QED) is 0.446. The highest BCUT2D eigenvalue weighted by Crippen LogP contribution is 2.38. The lowest BCUT2D eigenvalue weighted by Crippen LogP contribution is -2.52. The van der Waals surface area contributed by atoms with Gasteiger partial charge < -0.3 is 14.4 Å². The molecular formula is C32H34N4O5. The molecule has 4 aliphatic rings. The summed E-state index contributed by atoms with van der Waals surface area (Å²) in [5, 5.41) is 3.52. The van der Waals surface area contributed by atoms with Crippen LogP contribution in [0, 0.1) is 0 Å². The minimum atomic E-state index is -0.611. The number of nitrogens with zero attached hydrogens (tertiary/aromatic N) is 3. The summed E-state index contributed by atoms with van der Waals surface area (Å²) < 4.78 is 11.8. The summed E-state index contributed by atoms with van der Waals surface area (Å²) in [5.41, 5.74) is 4.93. The van der Waals surface area contributed by atoms with Crippen molar-refractivity contribution in [3.05, 3.63) is 70.9 Å². The third kappa shape index (κ3) is 5.08. The Labute approximate surface area is 238 Å². The average Bonchev–Trinajstić information content (AvgIpc) is 3.51. The number of ether oxygens (including phenoxy) is 2. The van der Waals surface area contributed by atoms with Crippen LogP contribution < -0.4 is 10.1 Å². The third-order valence-electron chi connectivity index (χ3n) is 9.05. The van der Waals surface area contributed by atoms with Crippen LogP contribution >= 0.6 is 0 Å². The average molecular weight is 555 g/mol. The molecule has 4 heterocycles. The molecule has 9 nitrogen and oxygen atoms in total. The van der Waals surface area contributed by atoms with E-state index in [2.05, 4.69) is 40.5 Å². The third-order valence-corrected chi connectivity index (χ3v) is 9.05. The van der Waals surface area contributed by atoms with Crippen molar-refractivity contribution in [2.45, 2.75) is 69.4 Å². The van der Waals surface area contributed by atoms with Gasteiger partial charge in [-0.3, -0.25) is 29.6 Å². The van der Waals surface area contributed by atoms with E-state index in [1.807, 2.05) is 12.1 Å². The molecule has 0 radical (unpaired) electrons. The Morgan fingerprint density at radius 1 is 1.00 bits per heavy atom. The second-order valence-electron chi connectivity index (χ2n) is 11.8. The summed E-state index contributed by atoms with van der Waals surface area (Å²) in [6.07, 6.45) is 4.08. The molecule has 1 aliphatic carbocycles. The van der Waals surface area contributed by atoms with Gasteiger partial charge in [-0.1, -0.05) is 12.1 Å². The van der Waals surface area contributed by atoms with E-state index in [-0.39, 0.29) is 24.3 Å². The fraction of sp³-hybridized carbons (Fsp3) is 0.438. The van der Waals surface area contributed by atoms with Crippen molar-refractivity contribution < 1.29 is 23.9 Å². The molecule has 2 saturated heterocycles. The zero-order valence-corrected chi connectivity index (χ0v) is 23.2. The topological polar surface area (TPSA) is 101 Å². The van der Waals surface area contributed by atoms with Crippen molar-refractivity contribution in [2.24, 2.45) is 0 Å². The van der Waals surface area contributed by atoms with E-state index in [4.69, 9.17) is 14.5 Å². The molecule has 3 aliphatic heterocycles. The van der Waals surface area contributed by atoms with Crippen LogP contribution in [0.15, 0.2) is 48.5 Å². The summed E-state index contributed by atoms with van der Waals surface area (Å²) >= 11 is 0. The van der Waals surface area contributed by atoms with E-state index in [0.717, 1.165) is 61.4 Å². The lowest BCUT2D eigenvalue weighted by Gasteiger charge is -2.33. The number of rotatable bonds is 7. The fourth-order valence-electron chi connectivity index (χ4n) is 6.63. The Balaban J connectivity index is 0.952. The number of methoxy groups -OCH3 is 1. The highest BCUT2D eigenvalue weighted by atomic mass is 16.5. The van der Waals surface area contributed by atoms with Crippen molar-refractivity contribution in [1.82, 2.24) is 20.1 Å². The maximum atomic E-state index is 13.0. The molecule has 2 aromatic carbocycles. The molecule has 3 aromatic rings. The van der Waals surface area contributed by atoms with Crippen LogP contribution in [0.2, 0.25) is 0 Å². The standard InChI is InChI=1S/C32H34N4O5/c1-40-25-13-21(14-25)28-7-3-20-12-19(2-6-27(20)33-28)16-35-11-10-24(18-35)41-23-4-5-26-22(15-23)17-36(32(26)39)29-8-9-30(37)34-31(29)38/h2-7,12,15,21,24-25,29H,8-11,13-14,16-18H2,1H3,(H,34,37,38)/t21?,24-,25?,29?/m0/s1. The number of hydrogen-bond acceptors (Lipinski definition) is 7. The van der Waals surface area contributed by atoms with E-state index in [0.29, 0.717) is 30.6 Å². The highest BCUT2D eigenvalue weighted by molar-refractivity contribution is 6.05. The van der Waals surface area contributed by atoms with Gasteiger partial charge >= 0.3 is 0 Å². The summed E-state index contributed by atoms with van der Waals surface area (Å²) in [5.74, 6) is 0.392. The van der Waals surface area contributed by atoms with Gasteiger partial charge in [-0.25, -0.2) is 0 Å². The number of benzene rings is 2. The second kappa shape index (κ2) is 10.5. The molecule has 0 spiro atoms. The zero-order valence-electron chi connectivity index (χ0n) is 23.2. The SMILES string of the molecule is COC1CC(c2ccc3cc(CN4CC[C@H](Oc5ccc6c(c5)CN(C5CCC(=O)NC5=O)C6=O)C4)ccc3n2)C1. The van der Waals surface area contributed by atoms with E-state index in [1.165, 1.54) is 10.9 Å². The van der Waals surface area contributed by atoms with Gasteiger partial charge in [-0.05, 0) is 73.2 Å². The number of likely N-dealkylation sites (tertiary alicyclic amines) is 1. The van der Waals surface area contributed by atoms with Crippen LogP contribution in [0.1, 0.15) is 65.2 Å². The first kappa shape index (κ1) is 26.1. The van der Waals surface area contributed by atoms with E-state index < -0.39 is 11.9 Å². The van der Waals surface area contributed by atoms with Gasteiger partial charge in [0.05, 0.1) is 11.6 Å². The number of amides is 3. The number of fused-ring (bicyclic) bond motifs is 2. The summed E-state index contributed by atoms with van der Waals surface area (Å²) in [6, 6.07) is 15.9. The Hall–Kier alpha value is -3.82. The Morgan fingerprint density at radius 2 is 1.88 bits per heavy atom. The van der Waals surface area contributed by atoms with Gasteiger partial charge in [-0.15, -0.1) is 0 Å². The van der Waals surface area contributed by atoms with Crippen molar-refractivity contribution >= 4 is 28.6 Å². The molecule has 1 unspecified atom stereocenters. The van der Waals surface area contributed by atoms with Crippen LogP contribution in [0.25, 0.3) is 10.9 Å². The molecule has 2 atom stereocenters. The van der Waals surface area contributed by atoms with Gasteiger partial charge in [0.1, 0.15) is 17.9 Å². The number of pyridine rings is 1. The molecule has 1 saturated carbocycles.